The monoisotopic (exact) mass is 373 g/mol. The lowest BCUT2D eigenvalue weighted by Gasteiger charge is -2.41. The van der Waals surface area contributed by atoms with Crippen LogP contribution in [0.2, 0.25) is 0 Å². The van der Waals surface area contributed by atoms with Gasteiger partial charge in [-0.25, -0.2) is 0 Å². The fourth-order valence-corrected chi connectivity index (χ4v) is 5.12. The number of allylic oxidation sites excluding steroid dienone is 1. The minimum absolute atomic E-state index is 1.03. The predicted molar refractivity (Wildman–Crippen MR) is 124 cm³/mol. The van der Waals surface area contributed by atoms with Gasteiger partial charge in [-0.15, -0.1) is 0 Å². The SMILES string of the molecule is CCC1=C2c3ccc4ccccc4c3-c3ccc(C)cc3N2c2ccccc2C1. The molecular weight excluding hydrogens is 350 g/mol. The van der Waals surface area contributed by atoms with Crippen LogP contribution in [0.3, 0.4) is 0 Å². The molecule has 1 heteroatoms. The number of para-hydroxylation sites is 1. The zero-order valence-corrected chi connectivity index (χ0v) is 16.9. The smallest absolute Gasteiger partial charge is 0.0543 e. The lowest BCUT2D eigenvalue weighted by Crippen LogP contribution is -2.27. The second-order valence-corrected chi connectivity index (χ2v) is 8.18. The molecule has 0 saturated carbocycles. The first kappa shape index (κ1) is 16.6. The molecule has 1 nitrogen and oxygen atoms in total. The van der Waals surface area contributed by atoms with Crippen molar-refractivity contribution >= 4 is 27.8 Å². The Hall–Kier alpha value is -3.32. The maximum Gasteiger partial charge on any atom is 0.0543 e. The highest BCUT2D eigenvalue weighted by molar-refractivity contribution is 6.13. The van der Waals surface area contributed by atoms with Crippen LogP contribution >= 0.6 is 0 Å². The molecule has 0 radical (unpaired) electrons. The maximum atomic E-state index is 2.52. The molecule has 2 aliphatic heterocycles. The fourth-order valence-electron chi connectivity index (χ4n) is 5.12. The molecule has 0 unspecified atom stereocenters. The van der Waals surface area contributed by atoms with Gasteiger partial charge < -0.3 is 4.90 Å². The minimum atomic E-state index is 1.03. The topological polar surface area (TPSA) is 3.24 Å². The van der Waals surface area contributed by atoms with Gasteiger partial charge in [0.25, 0.3) is 0 Å². The van der Waals surface area contributed by atoms with Gasteiger partial charge in [0.1, 0.15) is 0 Å². The summed E-state index contributed by atoms with van der Waals surface area (Å²) in [7, 11) is 0. The maximum absolute atomic E-state index is 2.52. The van der Waals surface area contributed by atoms with E-state index in [1.807, 2.05) is 0 Å². The Morgan fingerprint density at radius 3 is 2.48 bits per heavy atom. The first-order chi connectivity index (χ1) is 14.3. The highest BCUT2D eigenvalue weighted by Gasteiger charge is 2.34. The van der Waals surface area contributed by atoms with E-state index in [4.69, 9.17) is 0 Å². The number of fused-ring (bicyclic) bond motifs is 10. The molecule has 0 spiro atoms. The van der Waals surface area contributed by atoms with Gasteiger partial charge in [0, 0.05) is 22.4 Å². The lowest BCUT2D eigenvalue weighted by molar-refractivity contribution is 0.967. The number of hydrogen-bond donors (Lipinski definition) is 0. The molecule has 0 aromatic heterocycles. The van der Waals surface area contributed by atoms with Crippen molar-refractivity contribution in [3.63, 3.8) is 0 Å². The molecule has 0 bridgehead atoms. The molecule has 0 saturated heterocycles. The quantitative estimate of drug-likeness (QED) is 0.331. The second-order valence-electron chi connectivity index (χ2n) is 8.18. The van der Waals surface area contributed by atoms with Gasteiger partial charge in [-0.05, 0) is 59.4 Å². The molecule has 2 heterocycles. The van der Waals surface area contributed by atoms with Crippen molar-refractivity contribution in [3.05, 3.63) is 101 Å². The molecule has 0 aliphatic carbocycles. The molecule has 2 aliphatic rings. The molecule has 4 aromatic carbocycles. The Morgan fingerprint density at radius 1 is 0.793 bits per heavy atom. The van der Waals surface area contributed by atoms with Gasteiger partial charge in [0.15, 0.2) is 0 Å². The van der Waals surface area contributed by atoms with E-state index < -0.39 is 0 Å². The van der Waals surface area contributed by atoms with Gasteiger partial charge in [-0.3, -0.25) is 0 Å². The first-order valence-corrected chi connectivity index (χ1v) is 10.5. The van der Waals surface area contributed by atoms with E-state index in [0.29, 0.717) is 0 Å². The molecular formula is C28H23N. The highest BCUT2D eigenvalue weighted by Crippen LogP contribution is 2.54. The van der Waals surface area contributed by atoms with Crippen LogP contribution in [-0.2, 0) is 6.42 Å². The second kappa shape index (κ2) is 6.09. The Kier molecular flexibility index (Phi) is 3.49. The third kappa shape index (κ3) is 2.28. The van der Waals surface area contributed by atoms with Gasteiger partial charge >= 0.3 is 0 Å². The predicted octanol–water partition coefficient (Wildman–Crippen LogP) is 7.64. The van der Waals surface area contributed by atoms with Crippen LogP contribution < -0.4 is 4.90 Å². The number of hydrogen-bond acceptors (Lipinski definition) is 1. The number of anilines is 2. The van der Waals surface area contributed by atoms with Crippen LogP contribution in [0.25, 0.3) is 27.6 Å². The average molecular weight is 373 g/mol. The molecule has 0 atom stereocenters. The van der Waals surface area contributed by atoms with Gasteiger partial charge in [0.2, 0.25) is 0 Å². The third-order valence-corrected chi connectivity index (χ3v) is 6.47. The summed E-state index contributed by atoms with van der Waals surface area (Å²) in [5.41, 5.74) is 12.3. The Balaban J connectivity index is 1.79. The molecule has 4 aromatic rings. The highest BCUT2D eigenvalue weighted by atomic mass is 15.2. The van der Waals surface area contributed by atoms with Crippen LogP contribution in [-0.4, -0.2) is 0 Å². The summed E-state index contributed by atoms with van der Waals surface area (Å²) in [6, 6.07) is 29.2. The summed E-state index contributed by atoms with van der Waals surface area (Å²) in [5.74, 6) is 0. The van der Waals surface area contributed by atoms with Crippen LogP contribution in [0.4, 0.5) is 11.4 Å². The van der Waals surface area contributed by atoms with E-state index in [9.17, 15) is 0 Å². The van der Waals surface area contributed by atoms with Crippen molar-refractivity contribution in [3.8, 4) is 11.1 Å². The van der Waals surface area contributed by atoms with Crippen molar-refractivity contribution < 1.29 is 0 Å². The normalized spacial score (nSPS) is 14.3. The van der Waals surface area contributed by atoms with Crippen molar-refractivity contribution in [1.82, 2.24) is 0 Å². The minimum Gasteiger partial charge on any atom is -0.309 e. The van der Waals surface area contributed by atoms with Gasteiger partial charge in [-0.1, -0.05) is 73.7 Å². The number of benzene rings is 4. The summed E-state index contributed by atoms with van der Waals surface area (Å²) in [5, 5.41) is 2.65. The number of aryl methyl sites for hydroxylation is 1. The Labute approximate surface area is 171 Å². The first-order valence-electron chi connectivity index (χ1n) is 10.5. The van der Waals surface area contributed by atoms with Crippen LogP contribution in [0.15, 0.2) is 84.4 Å². The Bertz CT molecular complexity index is 1330. The largest absolute Gasteiger partial charge is 0.309 e. The van der Waals surface area contributed by atoms with Crippen molar-refractivity contribution in [2.75, 3.05) is 4.90 Å². The van der Waals surface area contributed by atoms with E-state index in [2.05, 4.69) is 97.6 Å². The zero-order valence-electron chi connectivity index (χ0n) is 16.9. The average Bonchev–Trinajstić information content (AvgIpc) is 2.77. The molecule has 29 heavy (non-hydrogen) atoms. The van der Waals surface area contributed by atoms with Gasteiger partial charge in [-0.2, -0.15) is 0 Å². The van der Waals surface area contributed by atoms with E-state index in [-0.39, 0.29) is 0 Å². The fraction of sp³-hybridized carbons (Fsp3) is 0.143. The summed E-state index contributed by atoms with van der Waals surface area (Å²) in [6.07, 6.45) is 2.10. The molecule has 6 rings (SSSR count). The number of nitrogens with zero attached hydrogens (tertiary/aromatic N) is 1. The molecule has 0 amide bonds. The molecule has 140 valence electrons. The van der Waals surface area contributed by atoms with Crippen molar-refractivity contribution in [1.29, 1.82) is 0 Å². The summed E-state index contributed by atoms with van der Waals surface area (Å²) < 4.78 is 0. The zero-order chi connectivity index (χ0) is 19.5. The summed E-state index contributed by atoms with van der Waals surface area (Å²) in [4.78, 5) is 2.52. The third-order valence-electron chi connectivity index (χ3n) is 6.47. The Morgan fingerprint density at radius 2 is 1.59 bits per heavy atom. The van der Waals surface area contributed by atoms with Gasteiger partial charge in [0.05, 0.1) is 11.4 Å². The lowest BCUT2D eigenvalue weighted by atomic mass is 9.81. The summed E-state index contributed by atoms with van der Waals surface area (Å²) >= 11 is 0. The molecule has 0 fully saturated rings. The molecule has 0 N–H and O–H groups in total. The van der Waals surface area contributed by atoms with E-state index in [0.717, 1.165) is 12.8 Å². The van der Waals surface area contributed by atoms with Crippen molar-refractivity contribution in [2.24, 2.45) is 0 Å². The standard InChI is InChI=1S/C28H23N/c1-3-19-17-21-9-5-7-11-25(21)29-26-16-18(2)12-14-23(26)27-22-10-6-4-8-20(22)13-15-24(27)28(19)29/h4-16H,3,17H2,1-2H3. The van der Waals surface area contributed by atoms with E-state index in [1.165, 1.54) is 61.2 Å². The summed E-state index contributed by atoms with van der Waals surface area (Å²) in [6.45, 7) is 4.49. The van der Waals surface area contributed by atoms with Crippen LogP contribution in [0.1, 0.15) is 30.0 Å². The van der Waals surface area contributed by atoms with E-state index >= 15 is 0 Å². The van der Waals surface area contributed by atoms with E-state index in [1.54, 1.807) is 0 Å². The van der Waals surface area contributed by atoms with Crippen LogP contribution in [0, 0.1) is 6.92 Å². The van der Waals surface area contributed by atoms with Crippen molar-refractivity contribution in [2.45, 2.75) is 26.7 Å². The van der Waals surface area contributed by atoms with Crippen LogP contribution in [0.5, 0.6) is 0 Å². The number of rotatable bonds is 1.